The van der Waals surface area contributed by atoms with Crippen LogP contribution in [0, 0.1) is 0 Å². The Morgan fingerprint density at radius 2 is 1.95 bits per heavy atom. The lowest BCUT2D eigenvalue weighted by Gasteiger charge is -2.48. The summed E-state index contributed by atoms with van der Waals surface area (Å²) >= 11 is 5.98. The lowest BCUT2D eigenvalue weighted by molar-refractivity contribution is 0.0207. The van der Waals surface area contributed by atoms with Crippen LogP contribution in [0.5, 0.6) is 0 Å². The molecule has 2 rings (SSSR count). The smallest absolute Gasteiger partial charge is 0.0406 e. The zero-order valence-electron chi connectivity index (χ0n) is 13.5. The van der Waals surface area contributed by atoms with Gasteiger partial charge in [-0.2, -0.15) is 0 Å². The van der Waals surface area contributed by atoms with E-state index in [0.717, 1.165) is 31.1 Å². The van der Waals surface area contributed by atoms with Crippen LogP contribution in [-0.4, -0.2) is 54.6 Å². The molecule has 2 N–H and O–H groups in total. The van der Waals surface area contributed by atoms with Crippen molar-refractivity contribution in [3.05, 3.63) is 34.9 Å². The summed E-state index contributed by atoms with van der Waals surface area (Å²) in [5, 5.41) is 0.791. The van der Waals surface area contributed by atoms with E-state index >= 15 is 0 Å². The first-order chi connectivity index (χ1) is 9.98. The average molecular weight is 310 g/mol. The molecular formula is C17H28ClN3. The molecule has 118 valence electrons. The maximum Gasteiger partial charge on any atom is 0.0406 e. The SMILES string of the molecule is CCC1CN(C(C)(CN)Cc2ccc(Cl)cc2)CCN1C. The number of hydrogen-bond acceptors (Lipinski definition) is 3. The van der Waals surface area contributed by atoms with Crippen molar-refractivity contribution in [3.63, 3.8) is 0 Å². The zero-order valence-corrected chi connectivity index (χ0v) is 14.2. The van der Waals surface area contributed by atoms with Crippen LogP contribution >= 0.6 is 11.6 Å². The second-order valence-electron chi connectivity index (χ2n) is 6.49. The molecule has 1 aromatic rings. The summed E-state index contributed by atoms with van der Waals surface area (Å²) < 4.78 is 0. The van der Waals surface area contributed by atoms with Gasteiger partial charge in [0.05, 0.1) is 0 Å². The number of halogens is 1. The highest BCUT2D eigenvalue weighted by Crippen LogP contribution is 2.25. The van der Waals surface area contributed by atoms with Crippen molar-refractivity contribution < 1.29 is 0 Å². The fourth-order valence-electron chi connectivity index (χ4n) is 3.23. The maximum absolute atomic E-state index is 6.16. The van der Waals surface area contributed by atoms with Gasteiger partial charge in [0.1, 0.15) is 0 Å². The maximum atomic E-state index is 6.16. The minimum Gasteiger partial charge on any atom is -0.329 e. The van der Waals surface area contributed by atoms with E-state index in [0.29, 0.717) is 12.6 Å². The number of likely N-dealkylation sites (N-methyl/N-ethyl adjacent to an activating group) is 1. The van der Waals surface area contributed by atoms with Crippen molar-refractivity contribution in [2.45, 2.75) is 38.3 Å². The van der Waals surface area contributed by atoms with Gasteiger partial charge in [-0.25, -0.2) is 0 Å². The molecule has 0 aliphatic carbocycles. The first-order valence-corrected chi connectivity index (χ1v) is 8.26. The Bertz CT molecular complexity index is 448. The van der Waals surface area contributed by atoms with Crippen LogP contribution in [0.25, 0.3) is 0 Å². The van der Waals surface area contributed by atoms with Gasteiger partial charge < -0.3 is 10.6 Å². The van der Waals surface area contributed by atoms with Gasteiger partial charge in [0.15, 0.2) is 0 Å². The second kappa shape index (κ2) is 7.10. The Morgan fingerprint density at radius 1 is 1.29 bits per heavy atom. The third-order valence-corrected chi connectivity index (χ3v) is 5.20. The number of nitrogens with two attached hydrogens (primary N) is 1. The van der Waals surface area contributed by atoms with Gasteiger partial charge in [-0.15, -0.1) is 0 Å². The van der Waals surface area contributed by atoms with Gasteiger partial charge in [-0.05, 0) is 44.5 Å². The summed E-state index contributed by atoms with van der Waals surface area (Å²) in [5.74, 6) is 0. The van der Waals surface area contributed by atoms with Crippen LogP contribution in [0.15, 0.2) is 24.3 Å². The predicted octanol–water partition coefficient (Wildman–Crippen LogP) is 2.63. The van der Waals surface area contributed by atoms with Gasteiger partial charge in [-0.3, -0.25) is 4.90 Å². The molecule has 2 atom stereocenters. The van der Waals surface area contributed by atoms with Crippen molar-refractivity contribution in [2.24, 2.45) is 5.73 Å². The lowest BCUT2D eigenvalue weighted by Crippen LogP contribution is -2.62. The molecular weight excluding hydrogens is 282 g/mol. The van der Waals surface area contributed by atoms with E-state index in [2.05, 4.69) is 42.8 Å². The molecule has 1 aliphatic rings. The van der Waals surface area contributed by atoms with E-state index in [4.69, 9.17) is 17.3 Å². The molecule has 0 saturated carbocycles. The Balaban J connectivity index is 2.11. The van der Waals surface area contributed by atoms with E-state index < -0.39 is 0 Å². The molecule has 0 amide bonds. The Hall–Kier alpha value is -0.610. The normalized spacial score (nSPS) is 24.0. The summed E-state index contributed by atoms with van der Waals surface area (Å²) in [4.78, 5) is 5.05. The predicted molar refractivity (Wildman–Crippen MR) is 90.9 cm³/mol. The van der Waals surface area contributed by atoms with Gasteiger partial charge in [0.2, 0.25) is 0 Å². The summed E-state index contributed by atoms with van der Waals surface area (Å²) in [6.07, 6.45) is 2.16. The van der Waals surface area contributed by atoms with E-state index in [1.165, 1.54) is 12.0 Å². The molecule has 1 aromatic carbocycles. The summed E-state index contributed by atoms with van der Waals surface area (Å²) in [5.41, 5.74) is 7.48. The first-order valence-electron chi connectivity index (χ1n) is 7.88. The molecule has 0 spiro atoms. The quantitative estimate of drug-likeness (QED) is 0.907. The fourth-order valence-corrected chi connectivity index (χ4v) is 3.36. The van der Waals surface area contributed by atoms with Crippen molar-refractivity contribution >= 4 is 11.6 Å². The van der Waals surface area contributed by atoms with E-state index in [-0.39, 0.29) is 5.54 Å². The molecule has 4 heteroatoms. The third-order valence-electron chi connectivity index (χ3n) is 4.95. The Labute approximate surface area is 134 Å². The summed E-state index contributed by atoms with van der Waals surface area (Å²) in [6, 6.07) is 8.79. The van der Waals surface area contributed by atoms with Crippen LogP contribution in [0.3, 0.4) is 0 Å². The number of benzene rings is 1. The topological polar surface area (TPSA) is 32.5 Å². The van der Waals surface area contributed by atoms with E-state index in [1.54, 1.807) is 0 Å². The highest BCUT2D eigenvalue weighted by atomic mass is 35.5. The summed E-state index contributed by atoms with van der Waals surface area (Å²) in [7, 11) is 2.23. The standard InChI is InChI=1S/C17H28ClN3/c1-4-16-12-21(10-9-20(16)3)17(2,13-19)11-14-5-7-15(18)8-6-14/h5-8,16H,4,9-13,19H2,1-3H3. The molecule has 0 bridgehead atoms. The van der Waals surface area contributed by atoms with Gasteiger partial charge in [0.25, 0.3) is 0 Å². The van der Waals surface area contributed by atoms with Crippen LogP contribution in [0.1, 0.15) is 25.8 Å². The molecule has 1 aliphatic heterocycles. The van der Waals surface area contributed by atoms with Crippen molar-refractivity contribution in [3.8, 4) is 0 Å². The minimum atomic E-state index is 0.0164. The van der Waals surface area contributed by atoms with E-state index in [1.807, 2.05) is 12.1 Å². The van der Waals surface area contributed by atoms with Crippen LogP contribution in [0.2, 0.25) is 5.02 Å². The molecule has 1 heterocycles. The minimum absolute atomic E-state index is 0.0164. The first kappa shape index (κ1) is 16.8. The highest BCUT2D eigenvalue weighted by Gasteiger charge is 2.35. The van der Waals surface area contributed by atoms with Crippen LogP contribution < -0.4 is 5.73 Å². The largest absolute Gasteiger partial charge is 0.329 e. The van der Waals surface area contributed by atoms with Crippen molar-refractivity contribution in [2.75, 3.05) is 33.2 Å². The zero-order chi connectivity index (χ0) is 15.5. The molecule has 1 fully saturated rings. The van der Waals surface area contributed by atoms with Crippen molar-refractivity contribution in [1.82, 2.24) is 9.80 Å². The van der Waals surface area contributed by atoms with Gasteiger partial charge >= 0.3 is 0 Å². The lowest BCUT2D eigenvalue weighted by atomic mass is 9.89. The molecule has 0 radical (unpaired) electrons. The number of hydrogen-bond donors (Lipinski definition) is 1. The van der Waals surface area contributed by atoms with E-state index in [9.17, 15) is 0 Å². The molecule has 2 unspecified atom stereocenters. The fraction of sp³-hybridized carbons (Fsp3) is 0.647. The van der Waals surface area contributed by atoms with Gasteiger partial charge in [-0.1, -0.05) is 30.7 Å². The number of piperazine rings is 1. The number of nitrogens with zero attached hydrogens (tertiary/aromatic N) is 2. The molecule has 3 nitrogen and oxygen atoms in total. The molecule has 21 heavy (non-hydrogen) atoms. The Kier molecular flexibility index (Phi) is 5.67. The summed E-state index contributed by atoms with van der Waals surface area (Å²) in [6.45, 7) is 8.55. The second-order valence-corrected chi connectivity index (χ2v) is 6.93. The Morgan fingerprint density at radius 3 is 2.52 bits per heavy atom. The van der Waals surface area contributed by atoms with Crippen LogP contribution in [0.4, 0.5) is 0 Å². The van der Waals surface area contributed by atoms with Crippen LogP contribution in [-0.2, 0) is 6.42 Å². The molecule has 1 saturated heterocycles. The number of rotatable bonds is 5. The highest BCUT2D eigenvalue weighted by molar-refractivity contribution is 6.30. The monoisotopic (exact) mass is 309 g/mol. The van der Waals surface area contributed by atoms with Crippen molar-refractivity contribution in [1.29, 1.82) is 0 Å². The molecule has 0 aromatic heterocycles. The average Bonchev–Trinajstić information content (AvgIpc) is 2.50. The third kappa shape index (κ3) is 3.98. The van der Waals surface area contributed by atoms with Gasteiger partial charge in [0, 0.05) is 42.8 Å².